The molecule has 0 unspecified atom stereocenters. The van der Waals surface area contributed by atoms with E-state index < -0.39 is 6.04 Å². The van der Waals surface area contributed by atoms with Gasteiger partial charge in [0.2, 0.25) is 5.91 Å². The Morgan fingerprint density at radius 3 is 2.26 bits per heavy atom. The van der Waals surface area contributed by atoms with Gasteiger partial charge >= 0.3 is 0 Å². The monoisotopic (exact) mass is 468 g/mol. The van der Waals surface area contributed by atoms with Crippen LogP contribution in [0.3, 0.4) is 0 Å². The Labute approximate surface area is 202 Å². The van der Waals surface area contributed by atoms with Gasteiger partial charge in [0.05, 0.1) is 14.2 Å². The number of carbonyl (C=O) groups is 2. The van der Waals surface area contributed by atoms with Crippen molar-refractivity contribution in [3.63, 3.8) is 0 Å². The van der Waals surface area contributed by atoms with Crippen molar-refractivity contribution in [2.75, 3.05) is 20.8 Å². The summed E-state index contributed by atoms with van der Waals surface area (Å²) < 4.78 is 16.3. The quantitative estimate of drug-likeness (QED) is 0.564. The van der Waals surface area contributed by atoms with Crippen molar-refractivity contribution in [1.29, 1.82) is 0 Å². The average Bonchev–Trinajstić information content (AvgIpc) is 2.85. The van der Waals surface area contributed by atoms with Crippen molar-refractivity contribution in [3.05, 3.63) is 53.6 Å². The molecule has 1 N–H and O–H groups in total. The van der Waals surface area contributed by atoms with Crippen molar-refractivity contribution in [3.8, 4) is 17.2 Å². The standard InChI is InChI=1S/C27H36N2O5/c1-19-9-8-10-21(13-19)17-29(20(2)27(31)28-22-11-6-5-7-12-22)26(30)18-34-25-15-23(32-3)14-24(16-25)33-4/h8-10,13-16,20,22H,5-7,11-12,17-18H2,1-4H3,(H,28,31)/t20-/m0/s1. The van der Waals surface area contributed by atoms with E-state index in [0.29, 0.717) is 23.8 Å². The summed E-state index contributed by atoms with van der Waals surface area (Å²) in [6.07, 6.45) is 5.45. The van der Waals surface area contributed by atoms with Crippen LogP contribution in [-0.2, 0) is 16.1 Å². The number of hydrogen-bond acceptors (Lipinski definition) is 5. The fourth-order valence-electron chi connectivity index (χ4n) is 4.25. The summed E-state index contributed by atoms with van der Waals surface area (Å²) in [6.45, 7) is 3.91. The molecule has 0 heterocycles. The third kappa shape index (κ3) is 7.14. The van der Waals surface area contributed by atoms with Crippen molar-refractivity contribution in [1.82, 2.24) is 10.2 Å². The van der Waals surface area contributed by atoms with Crippen LogP contribution in [0.4, 0.5) is 0 Å². The van der Waals surface area contributed by atoms with E-state index in [1.54, 1.807) is 44.2 Å². The molecular weight excluding hydrogens is 432 g/mol. The number of carbonyl (C=O) groups excluding carboxylic acids is 2. The number of aryl methyl sites for hydroxylation is 1. The molecule has 7 heteroatoms. The molecule has 3 rings (SSSR count). The van der Waals surface area contributed by atoms with E-state index in [4.69, 9.17) is 14.2 Å². The second-order valence-electron chi connectivity index (χ2n) is 8.87. The minimum absolute atomic E-state index is 0.129. The van der Waals surface area contributed by atoms with Crippen LogP contribution in [-0.4, -0.2) is 49.6 Å². The summed E-state index contributed by atoms with van der Waals surface area (Å²) in [6, 6.07) is 12.6. The summed E-state index contributed by atoms with van der Waals surface area (Å²) in [5, 5.41) is 3.15. The first-order chi connectivity index (χ1) is 16.4. The molecule has 184 valence electrons. The van der Waals surface area contributed by atoms with Gasteiger partial charge in [-0.25, -0.2) is 0 Å². The number of nitrogens with one attached hydrogen (secondary N) is 1. The molecule has 1 atom stereocenters. The van der Waals surface area contributed by atoms with E-state index >= 15 is 0 Å². The van der Waals surface area contributed by atoms with Gasteiger partial charge < -0.3 is 24.4 Å². The van der Waals surface area contributed by atoms with E-state index in [1.165, 1.54) is 6.42 Å². The summed E-state index contributed by atoms with van der Waals surface area (Å²) in [4.78, 5) is 28.0. The molecule has 1 fully saturated rings. The zero-order valence-corrected chi connectivity index (χ0v) is 20.6. The van der Waals surface area contributed by atoms with Gasteiger partial charge in [-0.2, -0.15) is 0 Å². The molecule has 1 saturated carbocycles. The molecule has 0 bridgehead atoms. The Bertz CT molecular complexity index is 949. The highest BCUT2D eigenvalue weighted by atomic mass is 16.5. The molecule has 2 aromatic rings. The number of nitrogens with zero attached hydrogens (tertiary/aromatic N) is 1. The zero-order valence-electron chi connectivity index (χ0n) is 20.6. The molecule has 2 aromatic carbocycles. The van der Waals surface area contributed by atoms with Crippen LogP contribution in [0.25, 0.3) is 0 Å². The smallest absolute Gasteiger partial charge is 0.261 e. The number of ether oxygens (including phenoxy) is 3. The lowest BCUT2D eigenvalue weighted by Crippen LogP contribution is -2.51. The number of benzene rings is 2. The molecule has 2 amide bonds. The fraction of sp³-hybridized carbons (Fsp3) is 0.481. The van der Waals surface area contributed by atoms with Gasteiger partial charge in [-0.05, 0) is 32.3 Å². The lowest BCUT2D eigenvalue weighted by Gasteiger charge is -2.31. The van der Waals surface area contributed by atoms with E-state index in [-0.39, 0.29) is 24.5 Å². The number of amides is 2. The Morgan fingerprint density at radius 2 is 1.65 bits per heavy atom. The number of hydrogen-bond donors (Lipinski definition) is 1. The van der Waals surface area contributed by atoms with Gasteiger partial charge in [-0.1, -0.05) is 49.1 Å². The normalized spacial score (nSPS) is 14.7. The fourth-order valence-corrected chi connectivity index (χ4v) is 4.25. The van der Waals surface area contributed by atoms with Crippen LogP contribution in [0.2, 0.25) is 0 Å². The maximum atomic E-state index is 13.3. The molecule has 34 heavy (non-hydrogen) atoms. The zero-order chi connectivity index (χ0) is 24.5. The first kappa shape index (κ1) is 25.4. The van der Waals surface area contributed by atoms with Gasteiger partial charge in [-0.15, -0.1) is 0 Å². The Hall–Kier alpha value is -3.22. The Kier molecular flexibility index (Phi) is 9.19. The average molecular weight is 469 g/mol. The summed E-state index contributed by atoms with van der Waals surface area (Å²) in [5.74, 6) is 1.20. The van der Waals surface area contributed by atoms with Crippen molar-refractivity contribution in [2.45, 2.75) is 64.6 Å². The second-order valence-corrected chi connectivity index (χ2v) is 8.87. The summed E-state index contributed by atoms with van der Waals surface area (Å²) in [5.41, 5.74) is 2.07. The van der Waals surface area contributed by atoms with E-state index in [0.717, 1.165) is 36.8 Å². The minimum atomic E-state index is -0.626. The highest BCUT2D eigenvalue weighted by molar-refractivity contribution is 5.88. The molecule has 0 aliphatic heterocycles. The first-order valence-electron chi connectivity index (χ1n) is 11.9. The van der Waals surface area contributed by atoms with Crippen molar-refractivity contribution < 1.29 is 23.8 Å². The highest BCUT2D eigenvalue weighted by Gasteiger charge is 2.28. The highest BCUT2D eigenvalue weighted by Crippen LogP contribution is 2.27. The SMILES string of the molecule is COc1cc(OC)cc(OCC(=O)N(Cc2cccc(C)c2)[C@@H](C)C(=O)NC2CCCCC2)c1. The summed E-state index contributed by atoms with van der Waals surface area (Å²) >= 11 is 0. The molecule has 0 aromatic heterocycles. The molecule has 1 aliphatic carbocycles. The molecule has 0 radical (unpaired) electrons. The van der Waals surface area contributed by atoms with Gasteiger partial charge in [0, 0.05) is 30.8 Å². The van der Waals surface area contributed by atoms with Crippen LogP contribution in [0.1, 0.15) is 50.2 Å². The number of rotatable bonds is 10. The lowest BCUT2D eigenvalue weighted by atomic mass is 9.95. The number of methoxy groups -OCH3 is 2. The molecular formula is C27H36N2O5. The van der Waals surface area contributed by atoms with Crippen LogP contribution in [0.5, 0.6) is 17.2 Å². The van der Waals surface area contributed by atoms with E-state index in [2.05, 4.69) is 5.32 Å². The van der Waals surface area contributed by atoms with Gasteiger partial charge in [0.1, 0.15) is 23.3 Å². The third-order valence-electron chi connectivity index (χ3n) is 6.24. The topological polar surface area (TPSA) is 77.1 Å². The molecule has 1 aliphatic rings. The molecule has 0 saturated heterocycles. The van der Waals surface area contributed by atoms with Crippen LogP contribution >= 0.6 is 0 Å². The van der Waals surface area contributed by atoms with Gasteiger partial charge in [0.15, 0.2) is 6.61 Å². The summed E-state index contributed by atoms with van der Waals surface area (Å²) in [7, 11) is 3.11. The van der Waals surface area contributed by atoms with Gasteiger partial charge in [-0.3, -0.25) is 9.59 Å². The maximum absolute atomic E-state index is 13.3. The molecule has 0 spiro atoms. The second kappa shape index (κ2) is 12.3. The Balaban J connectivity index is 1.73. The predicted molar refractivity (Wildman–Crippen MR) is 131 cm³/mol. The largest absolute Gasteiger partial charge is 0.496 e. The Morgan fingerprint density at radius 1 is 1.00 bits per heavy atom. The van der Waals surface area contributed by atoms with E-state index in [9.17, 15) is 9.59 Å². The van der Waals surface area contributed by atoms with Crippen molar-refractivity contribution >= 4 is 11.8 Å². The molecule has 7 nitrogen and oxygen atoms in total. The predicted octanol–water partition coefficient (Wildman–Crippen LogP) is 4.26. The maximum Gasteiger partial charge on any atom is 0.261 e. The van der Waals surface area contributed by atoms with Crippen LogP contribution < -0.4 is 19.5 Å². The van der Waals surface area contributed by atoms with Crippen LogP contribution in [0.15, 0.2) is 42.5 Å². The first-order valence-corrected chi connectivity index (χ1v) is 11.9. The van der Waals surface area contributed by atoms with Crippen LogP contribution in [0, 0.1) is 6.92 Å². The van der Waals surface area contributed by atoms with E-state index in [1.807, 2.05) is 31.2 Å². The third-order valence-corrected chi connectivity index (χ3v) is 6.24. The van der Waals surface area contributed by atoms with Crippen molar-refractivity contribution in [2.24, 2.45) is 0 Å². The van der Waals surface area contributed by atoms with Gasteiger partial charge in [0.25, 0.3) is 5.91 Å². The minimum Gasteiger partial charge on any atom is -0.496 e. The lowest BCUT2D eigenvalue weighted by molar-refractivity contribution is -0.142.